The molecule has 3 N–H and O–H groups in total. The highest BCUT2D eigenvalue weighted by molar-refractivity contribution is 5.83. The number of ether oxygens (including phenoxy) is 1. The van der Waals surface area contributed by atoms with Gasteiger partial charge in [-0.1, -0.05) is 69.3 Å². The van der Waals surface area contributed by atoms with Crippen molar-refractivity contribution in [2.75, 3.05) is 13.2 Å². The van der Waals surface area contributed by atoms with Crippen molar-refractivity contribution in [1.29, 1.82) is 0 Å². The Morgan fingerprint density at radius 1 is 1.03 bits per heavy atom. The van der Waals surface area contributed by atoms with Crippen molar-refractivity contribution in [3.05, 3.63) is 59.7 Å². The summed E-state index contributed by atoms with van der Waals surface area (Å²) in [7, 11) is 0. The van der Waals surface area contributed by atoms with E-state index >= 15 is 0 Å². The summed E-state index contributed by atoms with van der Waals surface area (Å²) in [5, 5.41) is 14.9. The number of aliphatic carboxylic acids is 1. The molecule has 0 bridgehead atoms. The van der Waals surface area contributed by atoms with E-state index in [0.717, 1.165) is 11.1 Å². The highest BCUT2D eigenvalue weighted by Crippen LogP contribution is 2.44. The number of hydrogen-bond acceptors (Lipinski definition) is 4. The molecule has 0 aromatic heterocycles. The third kappa shape index (κ3) is 6.21. The van der Waals surface area contributed by atoms with Crippen LogP contribution in [0.1, 0.15) is 57.1 Å². The topological polar surface area (TPSA) is 105 Å². The number of carboxylic acid groups (broad SMARTS) is 1. The van der Waals surface area contributed by atoms with Gasteiger partial charge in [-0.15, -0.1) is 0 Å². The average Bonchev–Trinajstić information content (AvgIpc) is 3.50. The van der Waals surface area contributed by atoms with Crippen molar-refractivity contribution in [3.8, 4) is 11.1 Å². The number of carbonyl (C=O) groups is 3. The zero-order chi connectivity index (χ0) is 25.2. The molecule has 2 aliphatic rings. The largest absolute Gasteiger partial charge is 0.481 e. The molecule has 3 atom stereocenters. The maximum absolute atomic E-state index is 12.6. The molecular formula is C28H34N2O5. The van der Waals surface area contributed by atoms with Gasteiger partial charge in [0.1, 0.15) is 6.61 Å². The smallest absolute Gasteiger partial charge is 0.407 e. The first-order valence-corrected chi connectivity index (χ1v) is 12.2. The third-order valence-electron chi connectivity index (χ3n) is 6.74. The molecule has 2 amide bonds. The first-order chi connectivity index (χ1) is 16.6. The van der Waals surface area contributed by atoms with Gasteiger partial charge in [-0.25, -0.2) is 4.79 Å². The van der Waals surface area contributed by atoms with E-state index < -0.39 is 18.1 Å². The van der Waals surface area contributed by atoms with E-state index in [4.69, 9.17) is 4.74 Å². The molecule has 7 heteroatoms. The van der Waals surface area contributed by atoms with Gasteiger partial charge in [-0.2, -0.15) is 0 Å². The Labute approximate surface area is 206 Å². The van der Waals surface area contributed by atoms with Crippen LogP contribution in [-0.2, 0) is 14.3 Å². The highest BCUT2D eigenvalue weighted by Gasteiger charge is 2.43. The van der Waals surface area contributed by atoms with Crippen molar-refractivity contribution >= 4 is 18.0 Å². The zero-order valence-electron chi connectivity index (χ0n) is 20.5. The van der Waals surface area contributed by atoms with Gasteiger partial charge in [0.2, 0.25) is 5.91 Å². The SMILES string of the molecule is CC(C)(C)CC(CC(=O)O)NC(=O)[C@H]1C[C@H]1CNC(=O)OCC1c2ccccc2-c2ccccc21. The van der Waals surface area contributed by atoms with Gasteiger partial charge in [-0.3, -0.25) is 9.59 Å². The number of carbonyl (C=O) groups excluding carboxylic acids is 2. The first-order valence-electron chi connectivity index (χ1n) is 12.2. The van der Waals surface area contributed by atoms with Gasteiger partial charge in [0.15, 0.2) is 0 Å². The van der Waals surface area contributed by atoms with E-state index in [0.29, 0.717) is 19.4 Å². The summed E-state index contributed by atoms with van der Waals surface area (Å²) in [5.41, 5.74) is 4.58. The molecule has 4 rings (SSSR count). The molecule has 7 nitrogen and oxygen atoms in total. The summed E-state index contributed by atoms with van der Waals surface area (Å²) in [6.45, 7) is 6.67. The van der Waals surface area contributed by atoms with Crippen LogP contribution >= 0.6 is 0 Å². The molecule has 1 saturated carbocycles. The fourth-order valence-corrected chi connectivity index (χ4v) is 5.09. The Morgan fingerprint density at radius 3 is 2.20 bits per heavy atom. The second kappa shape index (κ2) is 10.1. The summed E-state index contributed by atoms with van der Waals surface area (Å²) in [6, 6.07) is 16.0. The predicted molar refractivity (Wildman–Crippen MR) is 133 cm³/mol. The van der Waals surface area contributed by atoms with Crippen LogP contribution < -0.4 is 10.6 Å². The Hall–Kier alpha value is -3.35. The molecule has 0 radical (unpaired) electrons. The Kier molecular flexibility index (Phi) is 7.15. The van der Waals surface area contributed by atoms with Gasteiger partial charge in [-0.05, 0) is 46.4 Å². The zero-order valence-corrected chi connectivity index (χ0v) is 20.5. The van der Waals surface area contributed by atoms with E-state index in [1.165, 1.54) is 11.1 Å². The van der Waals surface area contributed by atoms with Crippen LogP contribution in [0.3, 0.4) is 0 Å². The Bertz CT molecular complexity index is 1060. The molecule has 2 aromatic rings. The Morgan fingerprint density at radius 2 is 1.63 bits per heavy atom. The summed E-state index contributed by atoms with van der Waals surface area (Å²) < 4.78 is 5.56. The molecule has 2 aromatic carbocycles. The number of rotatable bonds is 9. The number of amides is 2. The maximum Gasteiger partial charge on any atom is 0.407 e. The van der Waals surface area contributed by atoms with E-state index in [2.05, 4.69) is 34.9 Å². The monoisotopic (exact) mass is 478 g/mol. The van der Waals surface area contributed by atoms with Crippen molar-refractivity contribution in [2.45, 2.75) is 52.0 Å². The number of fused-ring (bicyclic) bond motifs is 3. The van der Waals surface area contributed by atoms with Crippen molar-refractivity contribution in [2.24, 2.45) is 17.3 Å². The molecule has 0 spiro atoms. The summed E-state index contributed by atoms with van der Waals surface area (Å²) >= 11 is 0. The highest BCUT2D eigenvalue weighted by atomic mass is 16.5. The van der Waals surface area contributed by atoms with Crippen molar-refractivity contribution in [3.63, 3.8) is 0 Å². The minimum atomic E-state index is -0.927. The van der Waals surface area contributed by atoms with Crippen molar-refractivity contribution in [1.82, 2.24) is 10.6 Å². The lowest BCUT2D eigenvalue weighted by molar-refractivity contribution is -0.138. The molecule has 0 saturated heterocycles. The number of carboxylic acids is 1. The molecule has 0 heterocycles. The fourth-order valence-electron chi connectivity index (χ4n) is 5.09. The van der Waals surface area contributed by atoms with Gasteiger partial charge in [0, 0.05) is 24.4 Å². The number of benzene rings is 2. The molecule has 186 valence electrons. The van der Waals surface area contributed by atoms with E-state index in [9.17, 15) is 19.5 Å². The third-order valence-corrected chi connectivity index (χ3v) is 6.74. The minimum Gasteiger partial charge on any atom is -0.481 e. The maximum atomic E-state index is 12.6. The molecule has 1 fully saturated rings. The quantitative estimate of drug-likeness (QED) is 0.490. The predicted octanol–water partition coefficient (Wildman–Crippen LogP) is 4.56. The molecule has 35 heavy (non-hydrogen) atoms. The van der Waals surface area contributed by atoms with Crippen LogP contribution in [0.4, 0.5) is 4.79 Å². The number of alkyl carbamates (subject to hydrolysis) is 1. The molecule has 1 unspecified atom stereocenters. The van der Waals surface area contributed by atoms with Crippen LogP contribution in [0.15, 0.2) is 48.5 Å². The number of nitrogens with one attached hydrogen (secondary N) is 2. The van der Waals surface area contributed by atoms with Crippen LogP contribution in [0, 0.1) is 17.3 Å². The van der Waals surface area contributed by atoms with E-state index in [-0.39, 0.29) is 42.1 Å². The van der Waals surface area contributed by atoms with Gasteiger partial charge < -0.3 is 20.5 Å². The summed E-state index contributed by atoms with van der Waals surface area (Å²) in [4.78, 5) is 36.2. The van der Waals surface area contributed by atoms with Crippen LogP contribution in [0.2, 0.25) is 0 Å². The van der Waals surface area contributed by atoms with Gasteiger partial charge in [0.25, 0.3) is 0 Å². The van der Waals surface area contributed by atoms with Gasteiger partial charge in [0.05, 0.1) is 6.42 Å². The molecule has 2 aliphatic carbocycles. The lowest BCUT2D eigenvalue weighted by Crippen LogP contribution is -2.40. The van der Waals surface area contributed by atoms with Gasteiger partial charge >= 0.3 is 12.1 Å². The Balaban J connectivity index is 1.24. The van der Waals surface area contributed by atoms with Crippen molar-refractivity contribution < 1.29 is 24.2 Å². The van der Waals surface area contributed by atoms with Crippen LogP contribution in [0.25, 0.3) is 11.1 Å². The normalized spacial score (nSPS) is 19.3. The van der Waals surface area contributed by atoms with E-state index in [1.807, 2.05) is 45.0 Å². The second-order valence-electron chi connectivity index (χ2n) is 10.9. The lowest BCUT2D eigenvalue weighted by Gasteiger charge is -2.26. The standard InChI is InChI=1S/C28H34N2O5/c1-28(2,3)14-18(13-25(31)32)30-26(33)23-12-17(23)15-29-27(34)35-16-24-21-10-6-4-8-19(21)20-9-5-7-11-22(20)24/h4-11,17-18,23-24H,12-16H2,1-3H3,(H,29,34)(H,30,33)(H,31,32)/t17-,18?,23-/m0/s1. The second-order valence-corrected chi connectivity index (χ2v) is 10.9. The summed E-state index contributed by atoms with van der Waals surface area (Å²) in [5.74, 6) is -1.24. The van der Waals surface area contributed by atoms with Crippen LogP contribution in [0.5, 0.6) is 0 Å². The molecular weight excluding hydrogens is 444 g/mol. The first kappa shape index (κ1) is 24.8. The molecule has 0 aliphatic heterocycles. The van der Waals surface area contributed by atoms with E-state index in [1.54, 1.807) is 0 Å². The fraction of sp³-hybridized carbons (Fsp3) is 0.464. The lowest BCUT2D eigenvalue weighted by atomic mass is 9.87. The number of hydrogen-bond donors (Lipinski definition) is 3. The minimum absolute atomic E-state index is 0.00147. The van der Waals surface area contributed by atoms with Crippen LogP contribution in [-0.4, -0.2) is 42.3 Å². The summed E-state index contributed by atoms with van der Waals surface area (Å²) in [6.07, 6.45) is 0.665. The average molecular weight is 479 g/mol.